The van der Waals surface area contributed by atoms with Gasteiger partial charge in [0, 0.05) is 37.8 Å². The number of piperazine rings is 1. The lowest BCUT2D eigenvalue weighted by Crippen LogP contribution is -2.53. The molecule has 1 aromatic carbocycles. The van der Waals surface area contributed by atoms with E-state index >= 15 is 0 Å². The monoisotopic (exact) mass is 276 g/mol. The SMILES string of the molecule is Fc1ccccc1CN1CCNC(C2CCCCC2)C1. The van der Waals surface area contributed by atoms with E-state index in [4.69, 9.17) is 0 Å². The van der Waals surface area contributed by atoms with E-state index in [2.05, 4.69) is 10.2 Å². The molecule has 1 aliphatic carbocycles. The van der Waals surface area contributed by atoms with Gasteiger partial charge in [-0.05, 0) is 24.8 Å². The molecule has 1 saturated heterocycles. The van der Waals surface area contributed by atoms with Crippen molar-refractivity contribution in [3.05, 3.63) is 35.6 Å². The van der Waals surface area contributed by atoms with Gasteiger partial charge in [0.25, 0.3) is 0 Å². The molecule has 1 unspecified atom stereocenters. The molecule has 1 aromatic rings. The Kier molecular flexibility index (Phi) is 4.69. The van der Waals surface area contributed by atoms with E-state index in [9.17, 15) is 4.39 Å². The number of nitrogens with zero attached hydrogens (tertiary/aromatic N) is 1. The van der Waals surface area contributed by atoms with Gasteiger partial charge in [-0.2, -0.15) is 0 Å². The Balaban J connectivity index is 1.59. The number of halogens is 1. The lowest BCUT2D eigenvalue weighted by molar-refractivity contribution is 0.140. The summed E-state index contributed by atoms with van der Waals surface area (Å²) in [7, 11) is 0. The summed E-state index contributed by atoms with van der Waals surface area (Å²) in [4.78, 5) is 2.41. The molecule has 1 atom stereocenters. The smallest absolute Gasteiger partial charge is 0.127 e. The van der Waals surface area contributed by atoms with E-state index in [1.807, 2.05) is 12.1 Å². The Labute approximate surface area is 121 Å². The third kappa shape index (κ3) is 3.39. The molecule has 0 spiro atoms. The molecule has 3 rings (SSSR count). The van der Waals surface area contributed by atoms with E-state index in [-0.39, 0.29) is 5.82 Å². The maximum absolute atomic E-state index is 13.8. The minimum atomic E-state index is -0.0692. The third-order valence-corrected chi connectivity index (χ3v) is 4.86. The van der Waals surface area contributed by atoms with E-state index < -0.39 is 0 Å². The van der Waals surface area contributed by atoms with Crippen molar-refractivity contribution in [3.8, 4) is 0 Å². The molecule has 2 aliphatic rings. The van der Waals surface area contributed by atoms with Crippen LogP contribution in [-0.2, 0) is 6.54 Å². The van der Waals surface area contributed by atoms with Gasteiger partial charge < -0.3 is 5.32 Å². The fourth-order valence-electron chi connectivity index (χ4n) is 3.71. The van der Waals surface area contributed by atoms with Gasteiger partial charge in [0.1, 0.15) is 5.82 Å². The number of nitrogens with one attached hydrogen (secondary N) is 1. The zero-order valence-electron chi connectivity index (χ0n) is 12.2. The van der Waals surface area contributed by atoms with Crippen molar-refractivity contribution >= 4 is 0 Å². The van der Waals surface area contributed by atoms with Gasteiger partial charge >= 0.3 is 0 Å². The van der Waals surface area contributed by atoms with Crippen molar-refractivity contribution in [2.45, 2.75) is 44.7 Å². The Morgan fingerprint density at radius 1 is 1.15 bits per heavy atom. The molecule has 1 saturated carbocycles. The molecule has 20 heavy (non-hydrogen) atoms. The molecule has 3 heteroatoms. The molecule has 0 amide bonds. The van der Waals surface area contributed by atoms with Gasteiger partial charge in [0.15, 0.2) is 0 Å². The van der Waals surface area contributed by atoms with Gasteiger partial charge in [0.05, 0.1) is 0 Å². The molecule has 1 heterocycles. The van der Waals surface area contributed by atoms with Gasteiger partial charge in [-0.25, -0.2) is 4.39 Å². The second kappa shape index (κ2) is 6.68. The third-order valence-electron chi connectivity index (χ3n) is 4.86. The van der Waals surface area contributed by atoms with Crippen LogP contribution in [0.1, 0.15) is 37.7 Å². The van der Waals surface area contributed by atoms with Crippen LogP contribution >= 0.6 is 0 Å². The highest BCUT2D eigenvalue weighted by Crippen LogP contribution is 2.28. The number of rotatable bonds is 3. The Morgan fingerprint density at radius 3 is 2.75 bits per heavy atom. The highest BCUT2D eigenvalue weighted by atomic mass is 19.1. The molecule has 0 bridgehead atoms. The Bertz CT molecular complexity index is 429. The van der Waals surface area contributed by atoms with Crippen LogP contribution in [0.3, 0.4) is 0 Å². The van der Waals surface area contributed by atoms with Crippen molar-refractivity contribution in [1.29, 1.82) is 0 Å². The van der Waals surface area contributed by atoms with Crippen LogP contribution in [-0.4, -0.2) is 30.6 Å². The first kappa shape index (κ1) is 14.0. The molecular weight excluding hydrogens is 251 g/mol. The van der Waals surface area contributed by atoms with Crippen LogP contribution < -0.4 is 5.32 Å². The summed E-state index contributed by atoms with van der Waals surface area (Å²) < 4.78 is 13.8. The van der Waals surface area contributed by atoms with Gasteiger partial charge in [0.2, 0.25) is 0 Å². The van der Waals surface area contributed by atoms with Crippen LogP contribution in [0.4, 0.5) is 4.39 Å². The first-order chi connectivity index (χ1) is 9.83. The van der Waals surface area contributed by atoms with Crippen LogP contribution in [0.5, 0.6) is 0 Å². The van der Waals surface area contributed by atoms with Crippen molar-refractivity contribution in [2.75, 3.05) is 19.6 Å². The predicted octanol–water partition coefficient (Wildman–Crippen LogP) is 3.18. The topological polar surface area (TPSA) is 15.3 Å². The van der Waals surface area contributed by atoms with Crippen LogP contribution in [0.2, 0.25) is 0 Å². The maximum Gasteiger partial charge on any atom is 0.127 e. The molecule has 1 aliphatic heterocycles. The fourth-order valence-corrected chi connectivity index (χ4v) is 3.71. The van der Waals surface area contributed by atoms with E-state index in [0.717, 1.165) is 37.7 Å². The largest absolute Gasteiger partial charge is 0.311 e. The van der Waals surface area contributed by atoms with E-state index in [1.54, 1.807) is 12.1 Å². The fraction of sp³-hybridized carbons (Fsp3) is 0.647. The normalized spacial score (nSPS) is 25.8. The molecule has 0 aromatic heterocycles. The Morgan fingerprint density at radius 2 is 1.95 bits per heavy atom. The first-order valence-electron chi connectivity index (χ1n) is 8.02. The van der Waals surface area contributed by atoms with Crippen molar-refractivity contribution < 1.29 is 4.39 Å². The standard InChI is InChI=1S/C17H25FN2/c18-16-9-5-4-8-15(16)12-20-11-10-19-17(13-20)14-6-2-1-3-7-14/h4-5,8-9,14,17,19H,1-3,6-7,10-13H2. The lowest BCUT2D eigenvalue weighted by atomic mass is 9.83. The van der Waals surface area contributed by atoms with E-state index in [1.165, 1.54) is 32.1 Å². The molecule has 110 valence electrons. The zero-order valence-corrected chi connectivity index (χ0v) is 12.2. The maximum atomic E-state index is 13.8. The summed E-state index contributed by atoms with van der Waals surface area (Å²) >= 11 is 0. The summed E-state index contributed by atoms with van der Waals surface area (Å²) in [6.07, 6.45) is 6.91. The highest BCUT2D eigenvalue weighted by Gasteiger charge is 2.28. The predicted molar refractivity (Wildman–Crippen MR) is 80.0 cm³/mol. The number of benzene rings is 1. The minimum absolute atomic E-state index is 0.0692. The highest BCUT2D eigenvalue weighted by molar-refractivity contribution is 5.17. The summed E-state index contributed by atoms with van der Waals surface area (Å²) in [6.45, 7) is 3.88. The molecular formula is C17H25FN2. The number of hydrogen-bond acceptors (Lipinski definition) is 2. The van der Waals surface area contributed by atoms with Gasteiger partial charge in [-0.3, -0.25) is 4.90 Å². The Hall–Kier alpha value is -0.930. The summed E-state index contributed by atoms with van der Waals surface area (Å²) in [6, 6.07) is 7.78. The van der Waals surface area contributed by atoms with Gasteiger partial charge in [-0.15, -0.1) is 0 Å². The van der Waals surface area contributed by atoms with Crippen LogP contribution in [0.25, 0.3) is 0 Å². The lowest BCUT2D eigenvalue weighted by Gasteiger charge is -2.39. The zero-order chi connectivity index (χ0) is 13.8. The summed E-state index contributed by atoms with van der Waals surface area (Å²) in [5.74, 6) is 0.757. The second-order valence-electron chi connectivity index (χ2n) is 6.29. The summed E-state index contributed by atoms with van der Waals surface area (Å²) in [5, 5.41) is 3.68. The van der Waals surface area contributed by atoms with Gasteiger partial charge in [-0.1, -0.05) is 37.5 Å². The van der Waals surface area contributed by atoms with Crippen molar-refractivity contribution in [1.82, 2.24) is 10.2 Å². The second-order valence-corrected chi connectivity index (χ2v) is 6.29. The molecule has 2 fully saturated rings. The summed E-state index contributed by atoms with van der Waals surface area (Å²) in [5.41, 5.74) is 0.830. The first-order valence-corrected chi connectivity index (χ1v) is 8.02. The molecule has 2 nitrogen and oxygen atoms in total. The van der Waals surface area contributed by atoms with Crippen molar-refractivity contribution in [3.63, 3.8) is 0 Å². The average Bonchev–Trinajstić information content (AvgIpc) is 2.51. The van der Waals surface area contributed by atoms with Crippen molar-refractivity contribution in [2.24, 2.45) is 5.92 Å². The average molecular weight is 276 g/mol. The molecule has 0 radical (unpaired) electrons. The van der Waals surface area contributed by atoms with Crippen LogP contribution in [0.15, 0.2) is 24.3 Å². The number of hydrogen-bond donors (Lipinski definition) is 1. The van der Waals surface area contributed by atoms with Crippen LogP contribution in [0, 0.1) is 11.7 Å². The minimum Gasteiger partial charge on any atom is -0.311 e. The van der Waals surface area contributed by atoms with E-state index in [0.29, 0.717) is 6.04 Å². The quantitative estimate of drug-likeness (QED) is 0.912. The molecule has 1 N–H and O–H groups in total.